The van der Waals surface area contributed by atoms with Gasteiger partial charge in [0.15, 0.2) is 11.6 Å². The van der Waals surface area contributed by atoms with Gasteiger partial charge >= 0.3 is 0 Å². The summed E-state index contributed by atoms with van der Waals surface area (Å²) in [6.45, 7) is 0.316. The lowest BCUT2D eigenvalue weighted by atomic mass is 10.2. The van der Waals surface area contributed by atoms with Crippen molar-refractivity contribution in [1.82, 2.24) is 0 Å². The summed E-state index contributed by atoms with van der Waals surface area (Å²) in [6.07, 6.45) is 3.63. The summed E-state index contributed by atoms with van der Waals surface area (Å²) in [5.74, 6) is -3.08. The SMILES string of the molecule is Fc1cc(F)c(NCC=Cc2ccccc2)cc1F. The number of nitrogens with one attached hydrogen (secondary N) is 1. The Morgan fingerprint density at radius 3 is 2.32 bits per heavy atom. The van der Waals surface area contributed by atoms with Crippen LogP contribution in [0.25, 0.3) is 6.08 Å². The number of halogens is 3. The van der Waals surface area contributed by atoms with Gasteiger partial charge in [-0.2, -0.15) is 0 Å². The Balaban J connectivity index is 1.96. The molecule has 19 heavy (non-hydrogen) atoms. The van der Waals surface area contributed by atoms with Gasteiger partial charge in [-0.1, -0.05) is 42.5 Å². The first-order valence-corrected chi connectivity index (χ1v) is 5.77. The molecule has 0 saturated heterocycles. The predicted molar refractivity (Wildman–Crippen MR) is 70.3 cm³/mol. The third kappa shape index (κ3) is 3.61. The van der Waals surface area contributed by atoms with E-state index in [1.54, 1.807) is 6.08 Å². The molecule has 1 N–H and O–H groups in total. The maximum Gasteiger partial charge on any atom is 0.161 e. The summed E-state index contributed by atoms with van der Waals surface area (Å²) in [5.41, 5.74) is 0.951. The second-order valence-electron chi connectivity index (χ2n) is 3.94. The zero-order chi connectivity index (χ0) is 13.7. The van der Waals surface area contributed by atoms with Gasteiger partial charge in [-0.05, 0) is 5.56 Å². The van der Waals surface area contributed by atoms with Crippen LogP contribution in [0.2, 0.25) is 0 Å². The van der Waals surface area contributed by atoms with E-state index in [4.69, 9.17) is 0 Å². The molecule has 2 aromatic carbocycles. The summed E-state index contributed by atoms with van der Waals surface area (Å²) in [5, 5.41) is 2.68. The minimum Gasteiger partial charge on any atom is -0.379 e. The van der Waals surface area contributed by atoms with Gasteiger partial charge in [0, 0.05) is 18.7 Å². The summed E-state index contributed by atoms with van der Waals surface area (Å²) < 4.78 is 38.9. The van der Waals surface area contributed by atoms with Crippen LogP contribution in [0.1, 0.15) is 5.56 Å². The van der Waals surface area contributed by atoms with Crippen molar-refractivity contribution < 1.29 is 13.2 Å². The van der Waals surface area contributed by atoms with E-state index < -0.39 is 17.5 Å². The first-order chi connectivity index (χ1) is 9.16. The monoisotopic (exact) mass is 263 g/mol. The zero-order valence-corrected chi connectivity index (χ0v) is 10.0. The second-order valence-corrected chi connectivity index (χ2v) is 3.94. The first-order valence-electron chi connectivity index (χ1n) is 5.77. The first kappa shape index (κ1) is 13.2. The molecule has 0 aliphatic rings. The van der Waals surface area contributed by atoms with Crippen LogP contribution in [0.4, 0.5) is 18.9 Å². The molecule has 98 valence electrons. The number of hydrogen-bond donors (Lipinski definition) is 1. The van der Waals surface area contributed by atoms with Crippen LogP contribution in [0.3, 0.4) is 0 Å². The van der Waals surface area contributed by atoms with E-state index in [0.29, 0.717) is 12.6 Å². The molecule has 0 bridgehead atoms. The summed E-state index contributed by atoms with van der Waals surface area (Å²) in [7, 11) is 0. The van der Waals surface area contributed by atoms with E-state index in [9.17, 15) is 13.2 Å². The highest BCUT2D eigenvalue weighted by molar-refractivity contribution is 5.51. The fourth-order valence-corrected chi connectivity index (χ4v) is 1.59. The standard InChI is InChI=1S/C15H12F3N/c16-12-9-14(18)15(10-13(12)17)19-8-4-7-11-5-2-1-3-6-11/h1-7,9-10,19H,8H2. The van der Waals surface area contributed by atoms with E-state index in [1.807, 2.05) is 36.4 Å². The van der Waals surface area contributed by atoms with Crippen LogP contribution in [0.15, 0.2) is 48.5 Å². The zero-order valence-electron chi connectivity index (χ0n) is 10.0. The minimum atomic E-state index is -1.19. The van der Waals surface area contributed by atoms with Crippen molar-refractivity contribution in [2.24, 2.45) is 0 Å². The predicted octanol–water partition coefficient (Wildman–Crippen LogP) is 4.23. The fraction of sp³-hybridized carbons (Fsp3) is 0.0667. The van der Waals surface area contributed by atoms with Crippen molar-refractivity contribution in [2.75, 3.05) is 11.9 Å². The highest BCUT2D eigenvalue weighted by atomic mass is 19.2. The van der Waals surface area contributed by atoms with E-state index in [-0.39, 0.29) is 5.69 Å². The van der Waals surface area contributed by atoms with Crippen LogP contribution >= 0.6 is 0 Å². The van der Waals surface area contributed by atoms with Gasteiger partial charge < -0.3 is 5.32 Å². The molecule has 0 aliphatic carbocycles. The van der Waals surface area contributed by atoms with Crippen LogP contribution in [0.5, 0.6) is 0 Å². The molecule has 0 amide bonds. The van der Waals surface area contributed by atoms with Crippen LogP contribution < -0.4 is 5.32 Å². The molecule has 4 heteroatoms. The smallest absolute Gasteiger partial charge is 0.161 e. The second kappa shape index (κ2) is 6.09. The largest absolute Gasteiger partial charge is 0.379 e. The molecule has 0 spiro atoms. The molecule has 0 heterocycles. The molecule has 0 saturated carbocycles. The number of anilines is 1. The van der Waals surface area contributed by atoms with Crippen molar-refractivity contribution in [1.29, 1.82) is 0 Å². The van der Waals surface area contributed by atoms with Gasteiger partial charge in [0.2, 0.25) is 0 Å². The normalized spacial score (nSPS) is 10.9. The Morgan fingerprint density at radius 1 is 0.895 bits per heavy atom. The van der Waals surface area contributed by atoms with Crippen LogP contribution in [0, 0.1) is 17.5 Å². The van der Waals surface area contributed by atoms with Gasteiger partial charge in [0.25, 0.3) is 0 Å². The Kier molecular flexibility index (Phi) is 4.23. The molecule has 0 unspecified atom stereocenters. The molecular formula is C15H12F3N. The lowest BCUT2D eigenvalue weighted by molar-refractivity contribution is 0.496. The Morgan fingerprint density at radius 2 is 1.58 bits per heavy atom. The molecular weight excluding hydrogens is 251 g/mol. The average molecular weight is 263 g/mol. The van der Waals surface area contributed by atoms with E-state index in [2.05, 4.69) is 5.32 Å². The van der Waals surface area contributed by atoms with E-state index in [1.165, 1.54) is 0 Å². The highest BCUT2D eigenvalue weighted by Crippen LogP contribution is 2.18. The van der Waals surface area contributed by atoms with Crippen LogP contribution in [-0.2, 0) is 0 Å². The minimum absolute atomic E-state index is 0.0587. The fourth-order valence-electron chi connectivity index (χ4n) is 1.59. The van der Waals surface area contributed by atoms with Crippen LogP contribution in [-0.4, -0.2) is 6.54 Å². The molecule has 0 aliphatic heterocycles. The molecule has 0 radical (unpaired) electrons. The van der Waals surface area contributed by atoms with Gasteiger partial charge in [-0.3, -0.25) is 0 Å². The van der Waals surface area contributed by atoms with Crippen molar-refractivity contribution in [3.63, 3.8) is 0 Å². The van der Waals surface area contributed by atoms with E-state index >= 15 is 0 Å². The lowest BCUT2D eigenvalue weighted by Crippen LogP contribution is -2.02. The van der Waals surface area contributed by atoms with Crippen molar-refractivity contribution >= 4 is 11.8 Å². The van der Waals surface area contributed by atoms with Gasteiger partial charge in [-0.25, -0.2) is 13.2 Å². The molecule has 1 nitrogen and oxygen atoms in total. The topological polar surface area (TPSA) is 12.0 Å². The summed E-state index contributed by atoms with van der Waals surface area (Å²) in [4.78, 5) is 0. The summed E-state index contributed by atoms with van der Waals surface area (Å²) in [6, 6.07) is 10.9. The third-order valence-electron chi connectivity index (χ3n) is 2.53. The Labute approximate surface area is 109 Å². The Bertz CT molecular complexity index is 579. The number of rotatable bonds is 4. The average Bonchev–Trinajstić information content (AvgIpc) is 2.41. The van der Waals surface area contributed by atoms with Gasteiger partial charge in [0.1, 0.15) is 5.82 Å². The van der Waals surface area contributed by atoms with Crippen molar-refractivity contribution in [3.8, 4) is 0 Å². The number of hydrogen-bond acceptors (Lipinski definition) is 1. The highest BCUT2D eigenvalue weighted by Gasteiger charge is 2.08. The molecule has 0 aromatic heterocycles. The van der Waals surface area contributed by atoms with Gasteiger partial charge in [0.05, 0.1) is 5.69 Å². The molecule has 2 rings (SSSR count). The number of benzene rings is 2. The molecule has 2 aromatic rings. The lowest BCUT2D eigenvalue weighted by Gasteiger charge is -2.05. The maximum absolute atomic E-state index is 13.3. The van der Waals surface area contributed by atoms with Gasteiger partial charge in [-0.15, -0.1) is 0 Å². The molecule has 0 atom stereocenters. The molecule has 0 fully saturated rings. The third-order valence-corrected chi connectivity index (χ3v) is 2.53. The Hall–Kier alpha value is -2.23. The summed E-state index contributed by atoms with van der Waals surface area (Å²) >= 11 is 0. The van der Waals surface area contributed by atoms with Crippen molar-refractivity contribution in [2.45, 2.75) is 0 Å². The van der Waals surface area contributed by atoms with E-state index in [0.717, 1.165) is 11.6 Å². The quantitative estimate of drug-likeness (QED) is 0.814. The van der Waals surface area contributed by atoms with Crippen molar-refractivity contribution in [3.05, 3.63) is 71.6 Å². The maximum atomic E-state index is 13.3.